The van der Waals surface area contributed by atoms with Crippen molar-refractivity contribution in [3.05, 3.63) is 39.8 Å². The second-order valence-corrected chi connectivity index (χ2v) is 8.36. The second kappa shape index (κ2) is 9.78. The summed E-state index contributed by atoms with van der Waals surface area (Å²) in [5.41, 5.74) is 2.30. The van der Waals surface area contributed by atoms with Gasteiger partial charge in [0.25, 0.3) is 0 Å². The summed E-state index contributed by atoms with van der Waals surface area (Å²) in [7, 11) is 1.71. The summed E-state index contributed by atoms with van der Waals surface area (Å²) in [6, 6.07) is 8.66. The van der Waals surface area contributed by atoms with Crippen LogP contribution < -0.4 is 20.3 Å². The van der Waals surface area contributed by atoms with Gasteiger partial charge in [-0.1, -0.05) is 6.07 Å². The maximum absolute atomic E-state index is 5.38. The molecule has 7 heteroatoms. The summed E-state index contributed by atoms with van der Waals surface area (Å²) in [4.78, 5) is 13.0. The van der Waals surface area contributed by atoms with E-state index in [1.54, 1.807) is 18.4 Å². The van der Waals surface area contributed by atoms with Gasteiger partial charge in [0.2, 0.25) is 0 Å². The molecule has 1 aliphatic heterocycles. The lowest BCUT2D eigenvalue weighted by atomic mass is 10.0. The number of nitrogens with zero attached hydrogens (tertiary/aromatic N) is 3. The number of ether oxygens (including phenoxy) is 1. The maximum Gasteiger partial charge on any atom is 0.191 e. The minimum absolute atomic E-state index is 0.363. The Labute approximate surface area is 172 Å². The van der Waals surface area contributed by atoms with Gasteiger partial charge in [-0.05, 0) is 45.7 Å². The highest BCUT2D eigenvalue weighted by Crippen LogP contribution is 2.24. The van der Waals surface area contributed by atoms with E-state index in [9.17, 15) is 0 Å². The number of methoxy groups -OCH3 is 1. The number of aliphatic imine (C=N–C) groups is 1. The zero-order valence-electron chi connectivity index (χ0n) is 17.3. The summed E-state index contributed by atoms with van der Waals surface area (Å²) in [5.74, 6) is 1.78. The SMILES string of the molecule is CCNC(=NCc1sc(C)nc1C)NC1CCCN(c2cccc(OC)c2)C1. The Bertz CT molecular complexity index is 804. The Morgan fingerprint density at radius 3 is 2.96 bits per heavy atom. The number of thiazole rings is 1. The van der Waals surface area contributed by atoms with E-state index in [0.29, 0.717) is 12.6 Å². The van der Waals surface area contributed by atoms with Crippen LogP contribution in [-0.2, 0) is 6.54 Å². The zero-order chi connectivity index (χ0) is 19.9. The van der Waals surface area contributed by atoms with Crippen LogP contribution >= 0.6 is 11.3 Å². The van der Waals surface area contributed by atoms with E-state index in [0.717, 1.165) is 54.9 Å². The van der Waals surface area contributed by atoms with Crippen molar-refractivity contribution in [3.8, 4) is 5.75 Å². The van der Waals surface area contributed by atoms with Crippen molar-refractivity contribution in [1.29, 1.82) is 0 Å². The monoisotopic (exact) mass is 401 g/mol. The Balaban J connectivity index is 1.65. The number of hydrogen-bond acceptors (Lipinski definition) is 5. The van der Waals surface area contributed by atoms with Crippen LogP contribution in [0.15, 0.2) is 29.3 Å². The number of piperidine rings is 1. The first-order chi connectivity index (χ1) is 13.6. The van der Waals surface area contributed by atoms with E-state index < -0.39 is 0 Å². The van der Waals surface area contributed by atoms with Crippen molar-refractivity contribution in [2.24, 2.45) is 4.99 Å². The number of benzene rings is 1. The van der Waals surface area contributed by atoms with Gasteiger partial charge in [0.05, 0.1) is 24.4 Å². The van der Waals surface area contributed by atoms with Crippen LogP contribution in [-0.4, -0.2) is 43.7 Å². The molecule has 1 aliphatic rings. The van der Waals surface area contributed by atoms with Crippen molar-refractivity contribution in [2.45, 2.75) is 46.2 Å². The average molecular weight is 402 g/mol. The Morgan fingerprint density at radius 2 is 2.25 bits per heavy atom. The average Bonchev–Trinajstić information content (AvgIpc) is 3.03. The van der Waals surface area contributed by atoms with E-state index in [1.165, 1.54) is 10.6 Å². The highest BCUT2D eigenvalue weighted by Gasteiger charge is 2.21. The van der Waals surface area contributed by atoms with E-state index >= 15 is 0 Å². The lowest BCUT2D eigenvalue weighted by molar-refractivity contribution is 0.414. The molecule has 0 aliphatic carbocycles. The maximum atomic E-state index is 5.38. The molecule has 0 bridgehead atoms. The lowest BCUT2D eigenvalue weighted by Crippen LogP contribution is -2.51. The largest absolute Gasteiger partial charge is 0.497 e. The van der Waals surface area contributed by atoms with E-state index in [-0.39, 0.29) is 0 Å². The number of anilines is 1. The molecule has 3 rings (SSSR count). The Kier molecular flexibility index (Phi) is 7.14. The quantitative estimate of drug-likeness (QED) is 0.573. The van der Waals surface area contributed by atoms with Gasteiger partial charge in [-0.15, -0.1) is 11.3 Å². The predicted octanol–water partition coefficient (Wildman–Crippen LogP) is 3.49. The molecule has 0 spiro atoms. The van der Waals surface area contributed by atoms with E-state index in [4.69, 9.17) is 9.73 Å². The van der Waals surface area contributed by atoms with Crippen molar-refractivity contribution in [3.63, 3.8) is 0 Å². The van der Waals surface area contributed by atoms with Gasteiger partial charge in [0.15, 0.2) is 5.96 Å². The minimum atomic E-state index is 0.363. The predicted molar refractivity (Wildman–Crippen MR) is 118 cm³/mol. The molecule has 6 nitrogen and oxygen atoms in total. The summed E-state index contributed by atoms with van der Waals surface area (Å²) in [5, 5.41) is 8.11. The van der Waals surface area contributed by atoms with Crippen LogP contribution in [0.5, 0.6) is 5.75 Å². The van der Waals surface area contributed by atoms with Crippen molar-refractivity contribution < 1.29 is 4.74 Å². The molecule has 2 aromatic rings. The molecule has 2 heterocycles. The van der Waals surface area contributed by atoms with E-state index in [1.807, 2.05) is 13.0 Å². The van der Waals surface area contributed by atoms with Gasteiger partial charge < -0.3 is 20.3 Å². The van der Waals surface area contributed by atoms with Gasteiger partial charge in [0, 0.05) is 42.3 Å². The first-order valence-corrected chi connectivity index (χ1v) is 10.8. The van der Waals surface area contributed by atoms with Gasteiger partial charge in [-0.3, -0.25) is 0 Å². The first-order valence-electron chi connectivity index (χ1n) is 9.95. The molecule has 0 saturated carbocycles. The number of rotatable bonds is 6. The third-order valence-corrected chi connectivity index (χ3v) is 5.96. The van der Waals surface area contributed by atoms with Crippen LogP contribution in [0.25, 0.3) is 0 Å². The van der Waals surface area contributed by atoms with Crippen LogP contribution in [0.4, 0.5) is 5.69 Å². The van der Waals surface area contributed by atoms with Gasteiger partial charge in [0.1, 0.15) is 5.75 Å². The van der Waals surface area contributed by atoms with Gasteiger partial charge >= 0.3 is 0 Å². The van der Waals surface area contributed by atoms with Crippen molar-refractivity contribution in [1.82, 2.24) is 15.6 Å². The molecule has 1 aromatic carbocycles. The summed E-state index contributed by atoms with van der Waals surface area (Å²) >= 11 is 1.73. The lowest BCUT2D eigenvalue weighted by Gasteiger charge is -2.35. The third-order valence-electron chi connectivity index (χ3n) is 4.91. The standard InChI is InChI=1S/C21H31N5OS/c1-5-22-21(23-13-20-15(2)24-16(3)28-20)25-17-8-7-11-26(14-17)18-9-6-10-19(12-18)27-4/h6,9-10,12,17H,5,7-8,11,13-14H2,1-4H3,(H2,22,23,25). The zero-order valence-corrected chi connectivity index (χ0v) is 18.1. The molecule has 1 fully saturated rings. The number of aryl methyl sites for hydroxylation is 2. The van der Waals surface area contributed by atoms with Gasteiger partial charge in [-0.2, -0.15) is 0 Å². The highest BCUT2D eigenvalue weighted by atomic mass is 32.1. The van der Waals surface area contributed by atoms with Crippen molar-refractivity contribution >= 4 is 23.0 Å². The van der Waals surface area contributed by atoms with Crippen LogP contribution in [0.2, 0.25) is 0 Å². The van der Waals surface area contributed by atoms with Crippen molar-refractivity contribution in [2.75, 3.05) is 31.6 Å². The topological polar surface area (TPSA) is 61.8 Å². The first kappa shape index (κ1) is 20.5. The summed E-state index contributed by atoms with van der Waals surface area (Å²) in [6.07, 6.45) is 2.30. The molecule has 1 atom stereocenters. The van der Waals surface area contributed by atoms with Gasteiger partial charge in [-0.25, -0.2) is 9.98 Å². The second-order valence-electron chi connectivity index (χ2n) is 7.07. The fourth-order valence-electron chi connectivity index (χ4n) is 3.52. The number of aromatic nitrogens is 1. The number of guanidine groups is 1. The Morgan fingerprint density at radius 1 is 1.39 bits per heavy atom. The molecule has 1 unspecified atom stereocenters. The molecule has 2 N–H and O–H groups in total. The Hall–Kier alpha value is -2.28. The third kappa shape index (κ3) is 5.38. The molecular weight excluding hydrogens is 370 g/mol. The fraction of sp³-hybridized carbons (Fsp3) is 0.524. The number of nitrogens with one attached hydrogen (secondary N) is 2. The summed E-state index contributed by atoms with van der Waals surface area (Å²) in [6.45, 7) is 9.74. The minimum Gasteiger partial charge on any atom is -0.497 e. The molecule has 0 radical (unpaired) electrons. The molecule has 152 valence electrons. The van der Waals surface area contributed by atoms with Crippen LogP contribution in [0, 0.1) is 13.8 Å². The smallest absolute Gasteiger partial charge is 0.191 e. The normalized spacial score (nSPS) is 17.5. The fourth-order valence-corrected chi connectivity index (χ4v) is 4.38. The van der Waals surface area contributed by atoms with Crippen LogP contribution in [0.3, 0.4) is 0 Å². The summed E-state index contributed by atoms with van der Waals surface area (Å²) < 4.78 is 5.38. The molecule has 0 amide bonds. The van der Waals surface area contributed by atoms with Crippen LogP contribution in [0.1, 0.15) is 35.3 Å². The molecule has 28 heavy (non-hydrogen) atoms. The molecule has 1 saturated heterocycles. The number of hydrogen-bond donors (Lipinski definition) is 2. The molecular formula is C21H31N5OS. The van der Waals surface area contributed by atoms with E-state index in [2.05, 4.69) is 52.6 Å². The highest BCUT2D eigenvalue weighted by molar-refractivity contribution is 7.11. The molecule has 1 aromatic heterocycles.